The number of benzene rings is 1. The van der Waals surface area contributed by atoms with Crippen LogP contribution in [0.1, 0.15) is 74.2 Å². The van der Waals surface area contributed by atoms with Gasteiger partial charge in [-0.2, -0.15) is 0 Å². The van der Waals surface area contributed by atoms with Crippen LogP contribution in [0, 0.1) is 17.1 Å². The summed E-state index contributed by atoms with van der Waals surface area (Å²) in [5, 5.41) is 2.84. The van der Waals surface area contributed by atoms with Crippen molar-refractivity contribution < 1.29 is 9.00 Å². The Labute approximate surface area is 228 Å². The minimum Gasteiger partial charge on any atom is -0.371 e. The Morgan fingerprint density at radius 2 is 1.68 bits per heavy atom. The first-order valence-corrected chi connectivity index (χ1v) is 15.7. The van der Waals surface area contributed by atoms with Crippen molar-refractivity contribution in [2.45, 2.75) is 80.7 Å². The van der Waals surface area contributed by atoms with E-state index in [1.165, 1.54) is 12.8 Å². The summed E-state index contributed by atoms with van der Waals surface area (Å²) in [6.45, 7) is 7.56. The Balaban J connectivity index is 1.27. The number of aryl methyl sites for hydroxylation is 1. The number of nitrogens with zero attached hydrogens (tertiary/aromatic N) is 3. The standard InChI is InChI=1S/C29H38BN5O2S/c1-20-17-25(32-26(18-20)35-13-9-28(2,30)10-14-35)33-27(36)23-6-5-22(38(31,37)21-3-4-21)19-24(23)34-15-11-29(7-8-29)12-16-34/h5-6,17-19,21,31H,3-4,7-16H2,1-2H3,(H,32,33,36). The quantitative estimate of drug-likeness (QED) is 0.478. The molecule has 1 aromatic heterocycles. The van der Waals surface area contributed by atoms with Gasteiger partial charge in [0.15, 0.2) is 0 Å². The molecule has 0 bridgehead atoms. The maximum Gasteiger partial charge on any atom is 0.258 e. The molecule has 1 aromatic carbocycles. The van der Waals surface area contributed by atoms with Crippen molar-refractivity contribution in [1.29, 1.82) is 4.78 Å². The van der Waals surface area contributed by atoms with Crippen LogP contribution < -0.4 is 15.1 Å². The lowest BCUT2D eigenvalue weighted by molar-refractivity contribution is 0.102. The molecule has 2 aliphatic carbocycles. The van der Waals surface area contributed by atoms with Crippen LogP contribution in [0.5, 0.6) is 0 Å². The predicted molar refractivity (Wildman–Crippen MR) is 154 cm³/mol. The third-order valence-corrected chi connectivity index (χ3v) is 11.5. The molecule has 2 aliphatic heterocycles. The smallest absolute Gasteiger partial charge is 0.258 e. The zero-order valence-corrected chi connectivity index (χ0v) is 23.4. The predicted octanol–water partition coefficient (Wildman–Crippen LogP) is 5.54. The van der Waals surface area contributed by atoms with Crippen molar-refractivity contribution in [2.75, 3.05) is 41.3 Å². The van der Waals surface area contributed by atoms with Gasteiger partial charge in [-0.05, 0) is 99.6 Å². The zero-order valence-electron chi connectivity index (χ0n) is 22.6. The van der Waals surface area contributed by atoms with Crippen molar-refractivity contribution in [3.8, 4) is 0 Å². The summed E-state index contributed by atoms with van der Waals surface area (Å²) in [6.07, 6.45) is 8.34. The van der Waals surface area contributed by atoms with Gasteiger partial charge in [0, 0.05) is 36.3 Å². The maximum absolute atomic E-state index is 13.7. The Bertz CT molecular complexity index is 1350. The first-order chi connectivity index (χ1) is 18.0. The van der Waals surface area contributed by atoms with Crippen LogP contribution in [0.3, 0.4) is 0 Å². The van der Waals surface area contributed by atoms with Crippen LogP contribution in [0.4, 0.5) is 17.3 Å². The summed E-state index contributed by atoms with van der Waals surface area (Å²) >= 11 is 0. The maximum atomic E-state index is 13.7. The second-order valence-corrected chi connectivity index (χ2v) is 14.8. The fraction of sp³-hybridized carbons (Fsp3) is 0.586. The van der Waals surface area contributed by atoms with E-state index < -0.39 is 9.73 Å². The van der Waals surface area contributed by atoms with Gasteiger partial charge in [0.25, 0.3) is 5.91 Å². The molecule has 9 heteroatoms. The highest BCUT2D eigenvalue weighted by atomic mass is 32.2. The number of amides is 1. The molecule has 7 nitrogen and oxygen atoms in total. The molecule has 38 heavy (non-hydrogen) atoms. The van der Waals surface area contributed by atoms with Gasteiger partial charge >= 0.3 is 0 Å². The van der Waals surface area contributed by atoms with Gasteiger partial charge in [0.2, 0.25) is 0 Å². The third kappa shape index (κ3) is 5.18. The summed E-state index contributed by atoms with van der Waals surface area (Å²) < 4.78 is 21.8. The third-order valence-electron chi connectivity index (χ3n) is 9.11. The minimum atomic E-state index is -2.86. The number of carbonyl (C=O) groups excluding carboxylic acids is 1. The minimum absolute atomic E-state index is 0.0621. The van der Waals surface area contributed by atoms with Gasteiger partial charge < -0.3 is 15.1 Å². The second kappa shape index (κ2) is 9.28. The lowest BCUT2D eigenvalue weighted by Gasteiger charge is -2.38. The lowest BCUT2D eigenvalue weighted by Crippen LogP contribution is -2.36. The summed E-state index contributed by atoms with van der Waals surface area (Å²) in [5.74, 6) is 1.16. The average molecular weight is 532 g/mol. The van der Waals surface area contributed by atoms with Crippen LogP contribution in [0.2, 0.25) is 5.31 Å². The van der Waals surface area contributed by atoms with Crippen molar-refractivity contribution in [1.82, 2.24) is 4.98 Å². The number of hydrogen-bond donors (Lipinski definition) is 2. The van der Waals surface area contributed by atoms with Crippen LogP contribution in [-0.2, 0) is 9.73 Å². The SMILES string of the molecule is [B]C1(C)CCN(c2cc(C)cc(NC(=O)c3ccc(S(=N)(=O)C4CC4)cc3N3CCC4(CC3)CC4)n2)CC1. The monoisotopic (exact) mass is 531 g/mol. The summed E-state index contributed by atoms with van der Waals surface area (Å²) in [5.41, 5.74) is 2.88. The summed E-state index contributed by atoms with van der Waals surface area (Å²) in [7, 11) is 3.47. The molecule has 2 saturated heterocycles. The van der Waals surface area contributed by atoms with E-state index in [2.05, 4.69) is 28.1 Å². The number of rotatable bonds is 6. The molecule has 3 heterocycles. The molecular weight excluding hydrogens is 493 g/mol. The van der Waals surface area contributed by atoms with Gasteiger partial charge in [0.05, 0.1) is 28.8 Å². The van der Waals surface area contributed by atoms with Crippen LogP contribution in [0.25, 0.3) is 0 Å². The van der Waals surface area contributed by atoms with Crippen LogP contribution in [-0.4, -0.2) is 54.4 Å². The molecule has 200 valence electrons. The number of anilines is 3. The average Bonchev–Trinajstić information content (AvgIpc) is 3.80. The van der Waals surface area contributed by atoms with Gasteiger partial charge in [0.1, 0.15) is 11.6 Å². The molecular formula is C29H38BN5O2S. The van der Waals surface area contributed by atoms with Gasteiger partial charge in [-0.25, -0.2) is 14.0 Å². The molecule has 4 aliphatic rings. The molecule has 2 radical (unpaired) electrons. The second-order valence-electron chi connectivity index (χ2n) is 12.4. The van der Waals surface area contributed by atoms with Gasteiger partial charge in [-0.1, -0.05) is 12.2 Å². The summed E-state index contributed by atoms with van der Waals surface area (Å²) in [4.78, 5) is 23.5. The lowest BCUT2D eigenvalue weighted by atomic mass is 9.64. The fourth-order valence-corrected chi connectivity index (χ4v) is 7.69. The number of piperidine rings is 2. The van der Waals surface area contributed by atoms with Crippen molar-refractivity contribution in [3.63, 3.8) is 0 Å². The van der Waals surface area contributed by atoms with E-state index in [4.69, 9.17) is 17.6 Å². The Morgan fingerprint density at radius 3 is 2.32 bits per heavy atom. The molecule has 2 N–H and O–H groups in total. The van der Waals surface area contributed by atoms with Gasteiger partial charge in [-0.3, -0.25) is 4.79 Å². The molecule has 4 fully saturated rings. The normalized spacial score (nSPS) is 23.6. The number of nitrogens with one attached hydrogen (secondary N) is 2. The van der Waals surface area contributed by atoms with Crippen molar-refractivity contribution in [3.05, 3.63) is 41.5 Å². The molecule has 1 spiro atoms. The Morgan fingerprint density at radius 1 is 1.03 bits per heavy atom. The number of aromatic nitrogens is 1. The molecule has 2 aromatic rings. The topological polar surface area (TPSA) is 89.4 Å². The van der Waals surface area contributed by atoms with Crippen molar-refractivity contribution >= 4 is 40.8 Å². The van der Waals surface area contributed by atoms with E-state index in [1.54, 1.807) is 12.1 Å². The van der Waals surface area contributed by atoms with E-state index in [0.717, 1.165) is 81.8 Å². The Hall–Kier alpha value is -2.55. The van der Waals surface area contributed by atoms with E-state index >= 15 is 0 Å². The van der Waals surface area contributed by atoms with E-state index in [0.29, 0.717) is 21.7 Å². The number of carbonyl (C=O) groups is 1. The zero-order chi connectivity index (χ0) is 26.7. The highest BCUT2D eigenvalue weighted by Crippen LogP contribution is 2.54. The van der Waals surface area contributed by atoms with Crippen LogP contribution >= 0.6 is 0 Å². The first-order valence-electron chi connectivity index (χ1n) is 14.0. The molecule has 6 rings (SSSR count). The molecule has 1 unspecified atom stereocenters. The highest BCUT2D eigenvalue weighted by Gasteiger charge is 2.45. The first kappa shape index (κ1) is 25.7. The number of pyridine rings is 1. The van der Waals surface area contributed by atoms with E-state index in [-0.39, 0.29) is 16.5 Å². The molecule has 1 atom stereocenters. The highest BCUT2D eigenvalue weighted by molar-refractivity contribution is 7.93. The number of hydrogen-bond acceptors (Lipinski definition) is 6. The largest absolute Gasteiger partial charge is 0.371 e. The van der Waals surface area contributed by atoms with Gasteiger partial charge in [-0.15, -0.1) is 0 Å². The van der Waals surface area contributed by atoms with E-state index in [1.807, 2.05) is 19.1 Å². The van der Waals surface area contributed by atoms with E-state index in [9.17, 15) is 9.00 Å². The van der Waals surface area contributed by atoms with Crippen LogP contribution in [0.15, 0.2) is 35.2 Å². The molecule has 1 amide bonds. The fourth-order valence-electron chi connectivity index (χ4n) is 5.95. The molecule has 2 saturated carbocycles. The summed E-state index contributed by atoms with van der Waals surface area (Å²) in [6, 6.07) is 9.31. The Kier molecular flexibility index (Phi) is 6.28. The van der Waals surface area contributed by atoms with Crippen molar-refractivity contribution in [2.24, 2.45) is 5.41 Å².